The highest BCUT2D eigenvalue weighted by Crippen LogP contribution is 2.29. The first-order chi connectivity index (χ1) is 19.8. The smallest absolute Gasteiger partial charge is 0.0928 e. The number of aliphatic imine (C=N–C) groups is 1. The average molecular weight is 583 g/mol. The Kier molecular flexibility index (Phi) is 12.2. The molecule has 42 heavy (non-hydrogen) atoms. The van der Waals surface area contributed by atoms with Crippen molar-refractivity contribution in [3.8, 4) is 0 Å². The van der Waals surface area contributed by atoms with Crippen LogP contribution < -0.4 is 4.90 Å². The molecule has 0 bridgehead atoms. The minimum atomic E-state index is -0.101. The number of rotatable bonds is 13. The van der Waals surface area contributed by atoms with Gasteiger partial charge in [0.2, 0.25) is 0 Å². The third-order valence-electron chi connectivity index (χ3n) is 9.96. The second-order valence-electron chi connectivity index (χ2n) is 13.3. The number of hydrogen-bond donors (Lipinski definition) is 0. The number of anilines is 1. The van der Waals surface area contributed by atoms with Crippen molar-refractivity contribution in [3.05, 3.63) is 47.6 Å². The molecule has 0 aliphatic carbocycles. The first-order valence-electron chi connectivity index (χ1n) is 15.7. The Morgan fingerprint density at radius 2 is 1.74 bits per heavy atom. The van der Waals surface area contributed by atoms with Gasteiger partial charge in [0, 0.05) is 54.3 Å². The number of aromatic nitrogens is 1. The quantitative estimate of drug-likeness (QED) is 0.227. The molecule has 8 nitrogen and oxygen atoms in total. The predicted molar refractivity (Wildman–Crippen MR) is 177 cm³/mol. The van der Waals surface area contributed by atoms with Gasteiger partial charge < -0.3 is 24.2 Å². The summed E-state index contributed by atoms with van der Waals surface area (Å²) in [4.78, 5) is 18.6. The second kappa shape index (κ2) is 15.0. The van der Waals surface area contributed by atoms with Gasteiger partial charge in [0.25, 0.3) is 0 Å². The summed E-state index contributed by atoms with van der Waals surface area (Å²) in [5, 5.41) is 0. The van der Waals surface area contributed by atoms with Gasteiger partial charge in [0.05, 0.1) is 37.3 Å². The van der Waals surface area contributed by atoms with Gasteiger partial charge in [-0.2, -0.15) is 0 Å². The monoisotopic (exact) mass is 582 g/mol. The lowest BCUT2D eigenvalue weighted by Gasteiger charge is -2.47. The summed E-state index contributed by atoms with van der Waals surface area (Å²) in [5.41, 5.74) is 4.45. The number of allylic oxidation sites excluding steroid dienone is 4. The Bertz CT molecular complexity index is 1060. The highest BCUT2D eigenvalue weighted by molar-refractivity contribution is 5.45. The molecule has 1 aromatic rings. The SMILES string of the molecule is C=N/C(=C\C=C(/C)N1CCO[C@@H](C(C)(C)N(C)CCC(C)c2ccc(N3CCO[C@@H](C(C)(C)N(C)C)C3)cn2)C1)CC. The lowest BCUT2D eigenvalue weighted by molar-refractivity contribution is -0.0913. The van der Waals surface area contributed by atoms with Crippen LogP contribution in [0.5, 0.6) is 0 Å². The van der Waals surface area contributed by atoms with E-state index < -0.39 is 0 Å². The van der Waals surface area contributed by atoms with Crippen LogP contribution in [0.3, 0.4) is 0 Å². The predicted octanol–water partition coefficient (Wildman–Crippen LogP) is 5.43. The lowest BCUT2D eigenvalue weighted by Crippen LogP contribution is -2.58. The lowest BCUT2D eigenvalue weighted by atomic mass is 9.92. The summed E-state index contributed by atoms with van der Waals surface area (Å²) in [6.07, 6.45) is 8.49. The van der Waals surface area contributed by atoms with Crippen molar-refractivity contribution < 1.29 is 9.47 Å². The Morgan fingerprint density at radius 3 is 2.33 bits per heavy atom. The minimum Gasteiger partial charge on any atom is -0.373 e. The molecule has 2 fully saturated rings. The van der Waals surface area contributed by atoms with Crippen LogP contribution >= 0.6 is 0 Å². The van der Waals surface area contributed by atoms with Crippen LogP contribution in [0.1, 0.15) is 72.9 Å². The van der Waals surface area contributed by atoms with E-state index in [1.165, 1.54) is 11.4 Å². The Balaban J connectivity index is 1.56. The maximum absolute atomic E-state index is 6.33. The molecule has 8 heteroatoms. The molecule has 0 radical (unpaired) electrons. The van der Waals surface area contributed by atoms with E-state index in [2.05, 4.69) is 131 Å². The van der Waals surface area contributed by atoms with Crippen molar-refractivity contribution in [1.29, 1.82) is 0 Å². The Hall–Kier alpha value is -2.26. The van der Waals surface area contributed by atoms with Gasteiger partial charge in [0.15, 0.2) is 0 Å². The van der Waals surface area contributed by atoms with Crippen molar-refractivity contribution >= 4 is 12.4 Å². The van der Waals surface area contributed by atoms with Gasteiger partial charge in [-0.25, -0.2) is 0 Å². The zero-order valence-electron chi connectivity index (χ0n) is 28.2. The normalized spacial score (nSPS) is 22.2. The molecule has 2 aliphatic rings. The largest absolute Gasteiger partial charge is 0.373 e. The molecular weight excluding hydrogens is 524 g/mol. The number of likely N-dealkylation sites (N-methyl/N-ethyl adjacent to an activating group) is 2. The van der Waals surface area contributed by atoms with Crippen LogP contribution in [-0.2, 0) is 9.47 Å². The van der Waals surface area contributed by atoms with E-state index >= 15 is 0 Å². The van der Waals surface area contributed by atoms with Gasteiger partial charge in [-0.15, -0.1) is 0 Å². The molecule has 0 aromatic carbocycles. The first kappa shape index (κ1) is 34.2. The molecule has 1 aromatic heterocycles. The summed E-state index contributed by atoms with van der Waals surface area (Å²) in [6.45, 7) is 25.4. The molecule has 0 spiro atoms. The van der Waals surface area contributed by atoms with Crippen molar-refractivity contribution in [2.75, 3.05) is 72.0 Å². The topological polar surface area (TPSA) is 56.7 Å². The molecule has 2 saturated heterocycles. The van der Waals surface area contributed by atoms with Gasteiger partial charge in [-0.05, 0) is 112 Å². The molecular formula is C34H58N6O2. The summed E-state index contributed by atoms with van der Waals surface area (Å²) < 4.78 is 12.5. The van der Waals surface area contributed by atoms with Crippen LogP contribution in [-0.4, -0.2) is 117 Å². The molecule has 0 saturated carbocycles. The number of ether oxygens (including phenoxy) is 2. The third kappa shape index (κ3) is 8.43. The minimum absolute atomic E-state index is 0.0317. The number of nitrogens with zero attached hydrogens (tertiary/aromatic N) is 6. The van der Waals surface area contributed by atoms with Crippen LogP contribution in [0.4, 0.5) is 5.69 Å². The Morgan fingerprint density at radius 1 is 1.07 bits per heavy atom. The van der Waals surface area contributed by atoms with Gasteiger partial charge in [-0.1, -0.05) is 13.8 Å². The van der Waals surface area contributed by atoms with Crippen LogP contribution in [0.2, 0.25) is 0 Å². The van der Waals surface area contributed by atoms with Crippen molar-refractivity contribution in [1.82, 2.24) is 19.7 Å². The van der Waals surface area contributed by atoms with Crippen molar-refractivity contribution in [3.63, 3.8) is 0 Å². The number of pyridine rings is 1. The highest BCUT2D eigenvalue weighted by Gasteiger charge is 2.38. The molecule has 1 unspecified atom stereocenters. The standard InChI is InChI=1S/C34H58N6O2/c1-12-28(35-8)14-13-27(3)39-19-21-42-32(24-39)34(6,7)38(11)18-17-26(2)30-16-15-29(23-36-30)40-20-22-41-31(25-40)33(4,5)37(9)10/h13-16,23,26,31-32H,8,12,17-22,24-25H2,1-7,9-11H3/b27-13+,28-14-/t26?,31-,32-/m1/s1. The molecule has 3 rings (SSSR count). The molecule has 0 N–H and O–H groups in total. The number of hydrogen-bond acceptors (Lipinski definition) is 8. The summed E-state index contributed by atoms with van der Waals surface area (Å²) >= 11 is 0. The average Bonchev–Trinajstić information content (AvgIpc) is 3.00. The Labute approximate surface area is 256 Å². The van der Waals surface area contributed by atoms with Gasteiger partial charge in [-0.3, -0.25) is 14.9 Å². The van der Waals surface area contributed by atoms with Crippen LogP contribution in [0, 0.1) is 0 Å². The fourth-order valence-electron chi connectivity index (χ4n) is 5.55. The van der Waals surface area contributed by atoms with E-state index in [0.717, 1.165) is 70.2 Å². The fourth-order valence-corrected chi connectivity index (χ4v) is 5.55. The summed E-state index contributed by atoms with van der Waals surface area (Å²) in [5.74, 6) is 0.370. The van der Waals surface area contributed by atoms with E-state index in [4.69, 9.17) is 14.5 Å². The van der Waals surface area contributed by atoms with E-state index in [1.807, 2.05) is 0 Å². The van der Waals surface area contributed by atoms with E-state index in [-0.39, 0.29) is 23.3 Å². The van der Waals surface area contributed by atoms with Gasteiger partial charge in [0.1, 0.15) is 0 Å². The molecule has 2 aliphatic heterocycles. The molecule has 236 valence electrons. The zero-order chi connectivity index (χ0) is 31.1. The van der Waals surface area contributed by atoms with E-state index in [9.17, 15) is 0 Å². The maximum Gasteiger partial charge on any atom is 0.0928 e. The van der Waals surface area contributed by atoms with E-state index in [0.29, 0.717) is 5.92 Å². The van der Waals surface area contributed by atoms with Gasteiger partial charge >= 0.3 is 0 Å². The zero-order valence-corrected chi connectivity index (χ0v) is 28.2. The summed E-state index contributed by atoms with van der Waals surface area (Å²) in [6, 6.07) is 4.45. The van der Waals surface area contributed by atoms with Crippen LogP contribution in [0.25, 0.3) is 0 Å². The number of morpholine rings is 2. The highest BCUT2D eigenvalue weighted by atomic mass is 16.5. The molecule has 3 atom stereocenters. The van der Waals surface area contributed by atoms with Crippen molar-refractivity contribution in [2.45, 2.75) is 90.5 Å². The van der Waals surface area contributed by atoms with Crippen molar-refractivity contribution in [2.24, 2.45) is 4.99 Å². The second-order valence-corrected chi connectivity index (χ2v) is 13.3. The fraction of sp³-hybridized carbons (Fsp3) is 0.706. The first-order valence-corrected chi connectivity index (χ1v) is 15.7. The third-order valence-corrected chi connectivity index (χ3v) is 9.96. The van der Waals surface area contributed by atoms with Crippen LogP contribution in [0.15, 0.2) is 46.9 Å². The van der Waals surface area contributed by atoms with E-state index in [1.54, 1.807) is 0 Å². The summed E-state index contributed by atoms with van der Waals surface area (Å²) in [7, 11) is 6.47. The molecule has 3 heterocycles. The molecule has 0 amide bonds. The maximum atomic E-state index is 6.33.